The molecule has 0 aliphatic carbocycles. The Balaban J connectivity index is 2.39. The largest absolute Gasteiger partial charge is 0.481 e. The van der Waals surface area contributed by atoms with Crippen molar-refractivity contribution in [3.63, 3.8) is 0 Å². The second-order valence-electron chi connectivity index (χ2n) is 3.70. The predicted octanol–water partition coefficient (Wildman–Crippen LogP) is 2.57. The zero-order valence-corrected chi connectivity index (χ0v) is 10.8. The molecule has 2 rings (SSSR count). The summed E-state index contributed by atoms with van der Waals surface area (Å²) in [4.78, 5) is 14.8. The number of carboxylic acids is 1. The lowest BCUT2D eigenvalue weighted by Crippen LogP contribution is -2.02. The van der Waals surface area contributed by atoms with Crippen LogP contribution in [-0.2, 0) is 11.2 Å². The first-order valence-corrected chi connectivity index (χ1v) is 5.88. The van der Waals surface area contributed by atoms with Gasteiger partial charge in [-0.05, 0) is 40.5 Å². The third-order valence-electron chi connectivity index (χ3n) is 2.45. The van der Waals surface area contributed by atoms with Gasteiger partial charge >= 0.3 is 5.97 Å². The van der Waals surface area contributed by atoms with E-state index in [1.54, 1.807) is 6.20 Å². The summed E-state index contributed by atoms with van der Waals surface area (Å²) in [7, 11) is 0. The number of hydrogen-bond acceptors (Lipinski definition) is 2. The zero-order chi connectivity index (χ0) is 12.4. The van der Waals surface area contributed by atoms with Crippen LogP contribution in [0.4, 0.5) is 0 Å². The normalized spacial score (nSPS) is 10.5. The zero-order valence-electron chi connectivity index (χ0n) is 9.22. The summed E-state index contributed by atoms with van der Waals surface area (Å²) < 4.78 is 2.80. The van der Waals surface area contributed by atoms with E-state index in [1.165, 1.54) is 0 Å². The summed E-state index contributed by atoms with van der Waals surface area (Å²) >= 11 is 3.45. The lowest BCUT2D eigenvalue weighted by atomic mass is 10.1. The minimum atomic E-state index is -0.830. The van der Waals surface area contributed by atoms with E-state index in [9.17, 15) is 4.79 Å². The van der Waals surface area contributed by atoms with Crippen molar-refractivity contribution in [2.75, 3.05) is 0 Å². The maximum absolute atomic E-state index is 10.6. The molecule has 5 heteroatoms. The van der Waals surface area contributed by atoms with E-state index in [1.807, 2.05) is 35.9 Å². The van der Waals surface area contributed by atoms with Crippen molar-refractivity contribution in [3.05, 3.63) is 46.5 Å². The number of aryl methyl sites for hydroxylation is 1. The molecule has 1 aromatic carbocycles. The van der Waals surface area contributed by atoms with Crippen LogP contribution in [0, 0.1) is 6.92 Å². The van der Waals surface area contributed by atoms with Gasteiger partial charge in [-0.25, -0.2) is 4.98 Å². The number of imidazole rings is 1. The van der Waals surface area contributed by atoms with Gasteiger partial charge in [-0.2, -0.15) is 0 Å². The molecule has 88 valence electrons. The van der Waals surface area contributed by atoms with Crippen molar-refractivity contribution in [3.8, 4) is 5.69 Å². The highest BCUT2D eigenvalue weighted by atomic mass is 79.9. The molecule has 1 heterocycles. The van der Waals surface area contributed by atoms with Gasteiger partial charge in [0.1, 0.15) is 5.82 Å². The van der Waals surface area contributed by atoms with E-state index in [-0.39, 0.29) is 6.42 Å². The molecule has 0 atom stereocenters. The molecule has 0 amide bonds. The Hall–Kier alpha value is -1.62. The fourth-order valence-electron chi connectivity index (χ4n) is 1.66. The van der Waals surface area contributed by atoms with Crippen molar-refractivity contribution < 1.29 is 9.90 Å². The van der Waals surface area contributed by atoms with E-state index in [0.717, 1.165) is 21.5 Å². The smallest absolute Gasteiger partial charge is 0.307 e. The van der Waals surface area contributed by atoms with Gasteiger partial charge in [0.2, 0.25) is 0 Å². The topological polar surface area (TPSA) is 55.1 Å². The van der Waals surface area contributed by atoms with Crippen molar-refractivity contribution in [2.24, 2.45) is 0 Å². The second-order valence-corrected chi connectivity index (χ2v) is 4.56. The third kappa shape index (κ3) is 2.55. The van der Waals surface area contributed by atoms with Gasteiger partial charge in [0.15, 0.2) is 0 Å². The number of hydrogen-bond donors (Lipinski definition) is 1. The fourth-order valence-corrected chi connectivity index (χ4v) is 2.28. The Bertz CT molecular complexity index is 563. The Morgan fingerprint density at radius 2 is 2.29 bits per heavy atom. The molecule has 17 heavy (non-hydrogen) atoms. The molecule has 2 aromatic rings. The Morgan fingerprint density at radius 3 is 2.82 bits per heavy atom. The summed E-state index contributed by atoms with van der Waals surface area (Å²) in [6, 6.07) is 5.52. The number of rotatable bonds is 3. The fraction of sp³-hybridized carbons (Fsp3) is 0.167. The average Bonchev–Trinajstić information content (AvgIpc) is 2.64. The SMILES string of the molecule is Cc1nccn1-c1ccc(CC(=O)O)cc1Br. The molecule has 0 bridgehead atoms. The number of carbonyl (C=O) groups is 1. The van der Waals surface area contributed by atoms with Crippen LogP contribution < -0.4 is 0 Å². The van der Waals surface area contributed by atoms with Gasteiger partial charge in [0.25, 0.3) is 0 Å². The van der Waals surface area contributed by atoms with Crippen LogP contribution in [0.5, 0.6) is 0 Å². The highest BCUT2D eigenvalue weighted by Gasteiger charge is 2.07. The molecule has 0 radical (unpaired) electrons. The number of halogens is 1. The molecular formula is C12H11BrN2O2. The van der Waals surface area contributed by atoms with Crippen LogP contribution in [0.25, 0.3) is 5.69 Å². The summed E-state index contributed by atoms with van der Waals surface area (Å²) in [5.74, 6) is 0.0557. The summed E-state index contributed by atoms with van der Waals surface area (Å²) in [6.07, 6.45) is 3.63. The van der Waals surface area contributed by atoms with Gasteiger partial charge in [0.05, 0.1) is 12.1 Å². The van der Waals surface area contributed by atoms with Crippen molar-refractivity contribution in [1.82, 2.24) is 9.55 Å². The maximum Gasteiger partial charge on any atom is 0.307 e. The van der Waals surface area contributed by atoms with E-state index in [2.05, 4.69) is 20.9 Å². The molecule has 0 saturated heterocycles. The molecule has 4 nitrogen and oxygen atoms in total. The molecule has 0 aliphatic heterocycles. The van der Waals surface area contributed by atoms with Gasteiger partial charge in [-0.1, -0.05) is 6.07 Å². The molecule has 0 spiro atoms. The summed E-state index contributed by atoms with van der Waals surface area (Å²) in [5, 5.41) is 8.72. The quantitative estimate of drug-likeness (QED) is 0.947. The minimum Gasteiger partial charge on any atom is -0.481 e. The van der Waals surface area contributed by atoms with Gasteiger partial charge < -0.3 is 9.67 Å². The van der Waals surface area contributed by atoms with Crippen LogP contribution in [0.3, 0.4) is 0 Å². The number of aliphatic carboxylic acids is 1. The number of carboxylic acid groups (broad SMARTS) is 1. The Kier molecular flexibility index (Phi) is 3.28. The highest BCUT2D eigenvalue weighted by molar-refractivity contribution is 9.10. The monoisotopic (exact) mass is 294 g/mol. The van der Waals surface area contributed by atoms with Gasteiger partial charge in [-0.15, -0.1) is 0 Å². The van der Waals surface area contributed by atoms with Crippen molar-refractivity contribution >= 4 is 21.9 Å². The molecule has 0 saturated carbocycles. The van der Waals surface area contributed by atoms with Crippen molar-refractivity contribution in [1.29, 1.82) is 0 Å². The van der Waals surface area contributed by atoms with Crippen LogP contribution in [0.2, 0.25) is 0 Å². The molecule has 0 aliphatic rings. The first kappa shape index (κ1) is 11.9. The average molecular weight is 295 g/mol. The van der Waals surface area contributed by atoms with Crippen LogP contribution in [-0.4, -0.2) is 20.6 Å². The lowest BCUT2D eigenvalue weighted by Gasteiger charge is -2.09. The molecular weight excluding hydrogens is 284 g/mol. The lowest BCUT2D eigenvalue weighted by molar-refractivity contribution is -0.136. The standard InChI is InChI=1S/C12H11BrN2O2/c1-8-14-4-5-15(8)11-3-2-9(6-10(11)13)7-12(16)17/h2-6H,7H2,1H3,(H,16,17). The maximum atomic E-state index is 10.6. The molecule has 1 N–H and O–H groups in total. The third-order valence-corrected chi connectivity index (χ3v) is 3.09. The van der Waals surface area contributed by atoms with E-state index in [0.29, 0.717) is 0 Å². The molecule has 0 fully saturated rings. The molecule has 0 unspecified atom stereocenters. The predicted molar refractivity (Wildman–Crippen MR) is 67.3 cm³/mol. The molecule has 1 aromatic heterocycles. The van der Waals surface area contributed by atoms with E-state index in [4.69, 9.17) is 5.11 Å². The minimum absolute atomic E-state index is 0.0296. The van der Waals surface area contributed by atoms with Gasteiger partial charge in [0, 0.05) is 16.9 Å². The van der Waals surface area contributed by atoms with E-state index >= 15 is 0 Å². The van der Waals surface area contributed by atoms with Crippen LogP contribution >= 0.6 is 15.9 Å². The number of aromatic nitrogens is 2. The highest BCUT2D eigenvalue weighted by Crippen LogP contribution is 2.23. The van der Waals surface area contributed by atoms with Gasteiger partial charge in [-0.3, -0.25) is 4.79 Å². The van der Waals surface area contributed by atoms with E-state index < -0.39 is 5.97 Å². The first-order chi connectivity index (χ1) is 8.08. The summed E-state index contributed by atoms with van der Waals surface area (Å²) in [6.45, 7) is 1.91. The number of nitrogens with zero attached hydrogens (tertiary/aromatic N) is 2. The Labute approximate surface area is 107 Å². The Morgan fingerprint density at radius 1 is 1.53 bits per heavy atom. The first-order valence-electron chi connectivity index (χ1n) is 5.08. The number of benzene rings is 1. The summed E-state index contributed by atoms with van der Waals surface area (Å²) in [5.41, 5.74) is 1.72. The van der Waals surface area contributed by atoms with Crippen LogP contribution in [0.15, 0.2) is 35.1 Å². The van der Waals surface area contributed by atoms with Crippen LogP contribution in [0.1, 0.15) is 11.4 Å². The second kappa shape index (κ2) is 4.71. The van der Waals surface area contributed by atoms with Crippen molar-refractivity contribution in [2.45, 2.75) is 13.3 Å².